The van der Waals surface area contributed by atoms with Crippen LogP contribution in [0.4, 0.5) is 0 Å². The summed E-state index contributed by atoms with van der Waals surface area (Å²) in [6, 6.07) is 2.28. The summed E-state index contributed by atoms with van der Waals surface area (Å²) < 4.78 is 0. The van der Waals surface area contributed by atoms with Gasteiger partial charge in [-0.1, -0.05) is 13.8 Å². The van der Waals surface area contributed by atoms with Crippen LogP contribution in [0.2, 0.25) is 0 Å². The van der Waals surface area contributed by atoms with Crippen LogP contribution in [0, 0.1) is 6.92 Å². The molecule has 13 heavy (non-hydrogen) atoms. The predicted molar refractivity (Wildman–Crippen MR) is 58.2 cm³/mol. The Morgan fingerprint density at radius 3 is 2.46 bits per heavy atom. The molecule has 0 unspecified atom stereocenters. The molecule has 0 radical (unpaired) electrons. The molecule has 0 bridgehead atoms. The summed E-state index contributed by atoms with van der Waals surface area (Å²) in [6.07, 6.45) is 2.36. The average molecular weight is 195 g/mol. The van der Waals surface area contributed by atoms with Crippen LogP contribution in [0.15, 0.2) is 11.4 Å². The molecule has 2 N–H and O–H groups in total. The number of hydrogen-bond donors (Lipinski definition) is 1. The molecule has 1 nitrogen and oxygen atoms in total. The Hall–Kier alpha value is -0.340. The number of thiophene rings is 1. The number of nitrogens with two attached hydrogens (primary N) is 1. The molecule has 1 heterocycles. The van der Waals surface area contributed by atoms with Gasteiger partial charge in [-0.05, 0) is 36.8 Å². The third-order valence-corrected chi connectivity index (χ3v) is 4.75. The van der Waals surface area contributed by atoms with Crippen LogP contribution in [0.3, 0.4) is 0 Å². The number of rotatable bonds is 2. The molecular formula is C11H17NS. The van der Waals surface area contributed by atoms with Gasteiger partial charge in [0.2, 0.25) is 0 Å². The van der Waals surface area contributed by atoms with Crippen LogP contribution in [0.1, 0.15) is 37.1 Å². The highest BCUT2D eigenvalue weighted by Crippen LogP contribution is 2.50. The lowest BCUT2D eigenvalue weighted by molar-refractivity contribution is 0.398. The molecule has 0 spiro atoms. The van der Waals surface area contributed by atoms with E-state index in [-0.39, 0.29) is 11.0 Å². The van der Waals surface area contributed by atoms with Crippen LogP contribution in [0.25, 0.3) is 0 Å². The maximum Gasteiger partial charge on any atom is 0.0256 e. The van der Waals surface area contributed by atoms with Gasteiger partial charge in [0.1, 0.15) is 0 Å². The Kier molecular flexibility index (Phi) is 1.83. The maximum absolute atomic E-state index is 6.27. The van der Waals surface area contributed by atoms with Gasteiger partial charge in [-0.25, -0.2) is 0 Å². The Morgan fingerprint density at radius 1 is 1.46 bits per heavy atom. The molecule has 1 fully saturated rings. The van der Waals surface area contributed by atoms with Gasteiger partial charge in [0.25, 0.3) is 0 Å². The van der Waals surface area contributed by atoms with Gasteiger partial charge in [0, 0.05) is 15.8 Å². The summed E-state index contributed by atoms with van der Waals surface area (Å²) in [5.74, 6) is 0. The quantitative estimate of drug-likeness (QED) is 0.771. The molecule has 2 rings (SSSR count). The number of aryl methyl sites for hydroxylation is 1. The van der Waals surface area contributed by atoms with E-state index >= 15 is 0 Å². The lowest BCUT2D eigenvalue weighted by atomic mass is 9.81. The maximum atomic E-state index is 6.27. The summed E-state index contributed by atoms with van der Waals surface area (Å²) in [4.78, 5) is 1.44. The zero-order chi connectivity index (χ0) is 9.69. The summed E-state index contributed by atoms with van der Waals surface area (Å²) in [6.45, 7) is 6.68. The van der Waals surface area contributed by atoms with Crippen molar-refractivity contribution in [2.45, 2.75) is 44.6 Å². The molecule has 0 saturated heterocycles. The highest BCUT2D eigenvalue weighted by molar-refractivity contribution is 7.10. The molecule has 0 amide bonds. The van der Waals surface area contributed by atoms with Gasteiger partial charge in [0.05, 0.1) is 0 Å². The van der Waals surface area contributed by atoms with E-state index in [1.807, 2.05) is 11.3 Å². The van der Waals surface area contributed by atoms with Crippen LogP contribution < -0.4 is 5.73 Å². The van der Waals surface area contributed by atoms with E-state index < -0.39 is 0 Å². The molecule has 1 aromatic rings. The molecule has 0 aliphatic heterocycles. The van der Waals surface area contributed by atoms with Gasteiger partial charge in [-0.3, -0.25) is 0 Å². The fourth-order valence-corrected chi connectivity index (χ4v) is 2.90. The largest absolute Gasteiger partial charge is 0.324 e. The Morgan fingerprint density at radius 2 is 2.08 bits per heavy atom. The second-order valence-corrected chi connectivity index (χ2v) is 5.68. The monoisotopic (exact) mass is 195 g/mol. The van der Waals surface area contributed by atoms with Crippen LogP contribution in [0.5, 0.6) is 0 Å². The van der Waals surface area contributed by atoms with Crippen LogP contribution in [-0.2, 0) is 5.41 Å². The van der Waals surface area contributed by atoms with Crippen molar-refractivity contribution in [3.05, 3.63) is 21.9 Å². The topological polar surface area (TPSA) is 26.0 Å². The van der Waals surface area contributed by atoms with Crippen molar-refractivity contribution in [3.63, 3.8) is 0 Å². The van der Waals surface area contributed by atoms with E-state index in [0.29, 0.717) is 0 Å². The van der Waals surface area contributed by atoms with Crippen molar-refractivity contribution >= 4 is 11.3 Å². The lowest BCUT2D eigenvalue weighted by Gasteiger charge is -2.30. The van der Waals surface area contributed by atoms with E-state index in [1.54, 1.807) is 0 Å². The summed E-state index contributed by atoms with van der Waals surface area (Å²) >= 11 is 1.84. The van der Waals surface area contributed by atoms with Gasteiger partial charge in [0.15, 0.2) is 0 Å². The molecule has 1 aliphatic rings. The van der Waals surface area contributed by atoms with E-state index in [1.165, 1.54) is 23.3 Å². The van der Waals surface area contributed by atoms with E-state index in [4.69, 9.17) is 5.73 Å². The van der Waals surface area contributed by atoms with Crippen molar-refractivity contribution in [2.24, 2.45) is 5.73 Å². The van der Waals surface area contributed by atoms with Crippen molar-refractivity contribution < 1.29 is 0 Å². The smallest absolute Gasteiger partial charge is 0.0256 e. The molecule has 0 aromatic carbocycles. The van der Waals surface area contributed by atoms with Crippen LogP contribution in [-0.4, -0.2) is 5.54 Å². The highest BCUT2D eigenvalue weighted by Gasteiger charge is 2.52. The minimum atomic E-state index is 0.0737. The zero-order valence-electron chi connectivity index (χ0n) is 8.55. The van der Waals surface area contributed by atoms with Crippen molar-refractivity contribution in [3.8, 4) is 0 Å². The molecule has 1 saturated carbocycles. The molecule has 1 aromatic heterocycles. The fourth-order valence-electron chi connectivity index (χ4n) is 1.76. The SMILES string of the molecule is Cc1csc(C(C)(C)C2(N)CC2)c1. The van der Waals surface area contributed by atoms with E-state index in [0.717, 1.165) is 0 Å². The zero-order valence-corrected chi connectivity index (χ0v) is 9.37. The Labute approximate surface area is 84.0 Å². The average Bonchev–Trinajstić information content (AvgIpc) is 2.63. The Balaban J connectivity index is 2.34. The third kappa shape index (κ3) is 1.32. The van der Waals surface area contributed by atoms with E-state index in [9.17, 15) is 0 Å². The molecular weight excluding hydrogens is 178 g/mol. The van der Waals surface area contributed by atoms with Gasteiger partial charge in [-0.15, -0.1) is 11.3 Å². The minimum Gasteiger partial charge on any atom is -0.324 e. The molecule has 72 valence electrons. The molecule has 1 aliphatic carbocycles. The summed E-state index contributed by atoms with van der Waals surface area (Å²) in [5.41, 5.74) is 7.86. The standard InChI is InChI=1S/C11H17NS/c1-8-6-9(13-7-8)10(2,3)11(12)4-5-11/h6-7H,4-5,12H2,1-3H3. The molecule has 0 atom stereocenters. The van der Waals surface area contributed by atoms with Crippen molar-refractivity contribution in [1.29, 1.82) is 0 Å². The van der Waals surface area contributed by atoms with Crippen molar-refractivity contribution in [1.82, 2.24) is 0 Å². The van der Waals surface area contributed by atoms with Gasteiger partial charge in [-0.2, -0.15) is 0 Å². The number of hydrogen-bond acceptors (Lipinski definition) is 2. The summed E-state index contributed by atoms with van der Waals surface area (Å²) in [7, 11) is 0. The van der Waals surface area contributed by atoms with Gasteiger partial charge < -0.3 is 5.73 Å². The first-order valence-corrected chi connectivity index (χ1v) is 5.68. The molecule has 2 heteroatoms. The van der Waals surface area contributed by atoms with Crippen LogP contribution >= 0.6 is 11.3 Å². The third-order valence-electron chi connectivity index (χ3n) is 3.38. The minimum absolute atomic E-state index is 0.0737. The first-order valence-electron chi connectivity index (χ1n) is 4.80. The normalized spacial score (nSPS) is 20.3. The fraction of sp³-hybridized carbons (Fsp3) is 0.636. The lowest BCUT2D eigenvalue weighted by Crippen LogP contribution is -2.42. The van der Waals surface area contributed by atoms with E-state index in [2.05, 4.69) is 32.2 Å². The first kappa shape index (κ1) is 9.22. The predicted octanol–water partition coefficient (Wildman–Crippen LogP) is 2.83. The first-order chi connectivity index (χ1) is 5.96. The second-order valence-electron chi connectivity index (χ2n) is 4.77. The highest BCUT2D eigenvalue weighted by atomic mass is 32.1. The van der Waals surface area contributed by atoms with Gasteiger partial charge >= 0.3 is 0 Å². The Bertz CT molecular complexity index is 321. The van der Waals surface area contributed by atoms with Crippen molar-refractivity contribution in [2.75, 3.05) is 0 Å². The summed E-state index contributed by atoms with van der Waals surface area (Å²) in [5, 5.41) is 2.21. The second kappa shape index (κ2) is 2.58.